The van der Waals surface area contributed by atoms with E-state index in [2.05, 4.69) is 4.98 Å². The molecule has 0 aliphatic carbocycles. The van der Waals surface area contributed by atoms with E-state index in [4.69, 9.17) is 5.11 Å². The topological polar surface area (TPSA) is 122 Å². The van der Waals surface area contributed by atoms with Crippen molar-refractivity contribution >= 4 is 23.4 Å². The van der Waals surface area contributed by atoms with E-state index in [1.165, 1.54) is 5.32 Å². The first kappa shape index (κ1) is 14.3. The number of carboxylic acid groups (broad SMARTS) is 1. The molecule has 0 spiro atoms. The lowest BCUT2D eigenvalue weighted by Crippen LogP contribution is -2.31. The third-order valence-corrected chi connectivity index (χ3v) is 1.80. The van der Waals surface area contributed by atoms with Crippen LogP contribution >= 0.6 is 0 Å². The van der Waals surface area contributed by atoms with Crippen LogP contribution in [-0.4, -0.2) is 33.1 Å². The number of hydrogen-bond donors (Lipinski definition) is 2. The van der Waals surface area contributed by atoms with Crippen molar-refractivity contribution in [3.63, 3.8) is 0 Å². The fourth-order valence-electron chi connectivity index (χ4n) is 0.995. The number of aromatic nitrogens is 1. The van der Waals surface area contributed by atoms with E-state index in [0.29, 0.717) is 12.3 Å². The number of nitrogens with zero attached hydrogens (tertiary/aromatic N) is 2. The fraction of sp³-hybridized carbons (Fsp3) is 0.125. The second-order valence-electron chi connectivity index (χ2n) is 3.10. The minimum absolute atomic E-state index is 0.487. The number of hydrogen-bond acceptors (Lipinski definition) is 5. The van der Waals surface area contributed by atoms with Crippen molar-refractivity contribution in [3.8, 4) is 0 Å². The molecule has 1 aromatic rings. The monoisotopic (exact) mass is 279 g/mol. The van der Waals surface area contributed by atoms with Crippen LogP contribution in [0.5, 0.6) is 0 Å². The Bertz CT molecular complexity index is 557. The number of amides is 1. The van der Waals surface area contributed by atoms with Crippen LogP contribution in [0.4, 0.5) is 24.7 Å². The van der Waals surface area contributed by atoms with Crippen molar-refractivity contribution in [2.75, 3.05) is 5.32 Å². The number of rotatable bonds is 3. The molecular formula is C8H4F3N3O5. The standard InChI is InChI=1S/C8H4F3N3O5/c9-8(10,11)7(17)13-5-4(6(15)16)1-3(2-12-5)14(18)19/h1-2H,(H,15,16)(H,12,13,17). The van der Waals surface area contributed by atoms with Gasteiger partial charge in [-0.1, -0.05) is 0 Å². The summed E-state index contributed by atoms with van der Waals surface area (Å²) in [6.45, 7) is 0. The Morgan fingerprint density at radius 1 is 1.42 bits per heavy atom. The number of nitro groups is 1. The lowest BCUT2D eigenvalue weighted by atomic mass is 10.2. The summed E-state index contributed by atoms with van der Waals surface area (Å²) < 4.78 is 35.9. The van der Waals surface area contributed by atoms with Crippen molar-refractivity contribution in [1.29, 1.82) is 0 Å². The SMILES string of the molecule is O=C(O)c1cc([N+](=O)[O-])cnc1NC(=O)C(F)(F)F. The van der Waals surface area contributed by atoms with E-state index in [9.17, 15) is 32.9 Å². The molecule has 0 aliphatic heterocycles. The van der Waals surface area contributed by atoms with Crippen molar-refractivity contribution in [3.05, 3.63) is 27.9 Å². The summed E-state index contributed by atoms with van der Waals surface area (Å²) in [4.78, 5) is 33.9. The number of alkyl halides is 3. The van der Waals surface area contributed by atoms with Gasteiger partial charge in [-0.15, -0.1) is 0 Å². The quantitative estimate of drug-likeness (QED) is 0.632. The van der Waals surface area contributed by atoms with Gasteiger partial charge in [0.1, 0.15) is 17.6 Å². The molecule has 0 radical (unpaired) electrons. The second-order valence-corrected chi connectivity index (χ2v) is 3.10. The maximum atomic E-state index is 12.0. The Kier molecular flexibility index (Phi) is 3.68. The second kappa shape index (κ2) is 4.88. The number of pyridine rings is 1. The molecular weight excluding hydrogens is 275 g/mol. The number of anilines is 1. The van der Waals surface area contributed by atoms with Gasteiger partial charge in [-0.25, -0.2) is 9.78 Å². The van der Waals surface area contributed by atoms with Gasteiger partial charge < -0.3 is 10.4 Å². The summed E-state index contributed by atoms with van der Waals surface area (Å²) in [5.41, 5.74) is -1.66. The lowest BCUT2D eigenvalue weighted by molar-refractivity contribution is -0.385. The van der Waals surface area contributed by atoms with Crippen LogP contribution in [0, 0.1) is 10.1 Å². The predicted octanol–water partition coefficient (Wildman–Crippen LogP) is 1.19. The van der Waals surface area contributed by atoms with Gasteiger partial charge in [-0.05, 0) is 0 Å². The van der Waals surface area contributed by atoms with Gasteiger partial charge in [-0.3, -0.25) is 14.9 Å². The van der Waals surface area contributed by atoms with Crippen LogP contribution in [0.1, 0.15) is 10.4 Å². The van der Waals surface area contributed by atoms with Gasteiger partial charge in [0.25, 0.3) is 5.69 Å². The molecule has 0 aliphatic rings. The van der Waals surface area contributed by atoms with Crippen LogP contribution in [0.3, 0.4) is 0 Å². The van der Waals surface area contributed by atoms with Crippen LogP contribution in [0.2, 0.25) is 0 Å². The van der Waals surface area contributed by atoms with E-state index in [0.717, 1.165) is 0 Å². The maximum absolute atomic E-state index is 12.0. The number of carbonyl (C=O) groups is 2. The molecule has 0 bridgehead atoms. The highest BCUT2D eigenvalue weighted by molar-refractivity contribution is 6.01. The summed E-state index contributed by atoms with van der Waals surface area (Å²) in [5, 5.41) is 20.3. The first-order valence-electron chi connectivity index (χ1n) is 4.39. The zero-order valence-corrected chi connectivity index (χ0v) is 8.76. The Balaban J connectivity index is 3.18. The van der Waals surface area contributed by atoms with Gasteiger partial charge in [-0.2, -0.15) is 13.2 Å². The number of carbonyl (C=O) groups excluding carboxylic acids is 1. The summed E-state index contributed by atoms with van der Waals surface area (Å²) in [7, 11) is 0. The van der Waals surface area contributed by atoms with E-state index in [-0.39, 0.29) is 0 Å². The van der Waals surface area contributed by atoms with Gasteiger partial charge in [0.2, 0.25) is 0 Å². The number of halogens is 3. The predicted molar refractivity (Wildman–Crippen MR) is 52.5 cm³/mol. The Labute approximate surface area is 102 Å². The van der Waals surface area contributed by atoms with Gasteiger partial charge >= 0.3 is 18.1 Å². The molecule has 102 valence electrons. The average molecular weight is 279 g/mol. The molecule has 0 fully saturated rings. The van der Waals surface area contributed by atoms with Crippen molar-refractivity contribution in [1.82, 2.24) is 4.98 Å². The van der Waals surface area contributed by atoms with Crippen LogP contribution in [0.25, 0.3) is 0 Å². The van der Waals surface area contributed by atoms with Crippen LogP contribution in [0.15, 0.2) is 12.3 Å². The van der Waals surface area contributed by atoms with Crippen molar-refractivity contribution < 1.29 is 32.8 Å². The number of nitrogens with one attached hydrogen (secondary N) is 1. The Hall–Kier alpha value is -2.72. The molecule has 8 nitrogen and oxygen atoms in total. The zero-order valence-electron chi connectivity index (χ0n) is 8.76. The Morgan fingerprint density at radius 2 is 2.00 bits per heavy atom. The molecule has 11 heteroatoms. The van der Waals surface area contributed by atoms with Gasteiger partial charge in [0, 0.05) is 6.07 Å². The molecule has 19 heavy (non-hydrogen) atoms. The van der Waals surface area contributed by atoms with Crippen molar-refractivity contribution in [2.45, 2.75) is 6.18 Å². The van der Waals surface area contributed by atoms with Gasteiger partial charge in [0.15, 0.2) is 0 Å². The van der Waals surface area contributed by atoms with Crippen LogP contribution < -0.4 is 5.32 Å². The minimum Gasteiger partial charge on any atom is -0.478 e. The van der Waals surface area contributed by atoms with E-state index >= 15 is 0 Å². The molecule has 2 N–H and O–H groups in total. The largest absolute Gasteiger partial charge is 0.478 e. The maximum Gasteiger partial charge on any atom is 0.471 e. The van der Waals surface area contributed by atoms with Crippen molar-refractivity contribution in [2.24, 2.45) is 0 Å². The van der Waals surface area contributed by atoms with E-state index < -0.39 is 40.0 Å². The zero-order chi connectivity index (χ0) is 14.8. The smallest absolute Gasteiger partial charge is 0.471 e. The molecule has 1 rings (SSSR count). The molecule has 1 aromatic heterocycles. The van der Waals surface area contributed by atoms with Gasteiger partial charge in [0.05, 0.1) is 4.92 Å². The van der Waals surface area contributed by atoms with E-state index in [1.54, 1.807) is 0 Å². The number of aromatic carboxylic acids is 1. The average Bonchev–Trinajstić information content (AvgIpc) is 2.27. The number of carboxylic acids is 1. The molecule has 1 heterocycles. The first-order valence-corrected chi connectivity index (χ1v) is 4.39. The molecule has 0 saturated heterocycles. The molecule has 1 amide bonds. The fourth-order valence-corrected chi connectivity index (χ4v) is 0.995. The normalized spacial score (nSPS) is 10.9. The summed E-state index contributed by atoms with van der Waals surface area (Å²) >= 11 is 0. The minimum atomic E-state index is -5.24. The highest BCUT2D eigenvalue weighted by Gasteiger charge is 2.39. The Morgan fingerprint density at radius 3 is 2.42 bits per heavy atom. The summed E-state index contributed by atoms with van der Waals surface area (Å²) in [6, 6.07) is 0.487. The molecule has 0 aromatic carbocycles. The molecule has 0 unspecified atom stereocenters. The lowest BCUT2D eigenvalue weighted by Gasteiger charge is -2.08. The summed E-state index contributed by atoms with van der Waals surface area (Å²) in [5.74, 6) is -5.13. The summed E-state index contributed by atoms with van der Waals surface area (Å²) in [6.07, 6.45) is -4.71. The van der Waals surface area contributed by atoms with Crippen LogP contribution in [-0.2, 0) is 4.79 Å². The third kappa shape index (κ3) is 3.37. The third-order valence-electron chi connectivity index (χ3n) is 1.80. The molecule has 0 atom stereocenters. The highest BCUT2D eigenvalue weighted by Crippen LogP contribution is 2.22. The molecule has 0 saturated carbocycles. The highest BCUT2D eigenvalue weighted by atomic mass is 19.4. The van der Waals surface area contributed by atoms with E-state index in [1.807, 2.05) is 0 Å². The first-order chi connectivity index (χ1) is 8.62.